The van der Waals surface area contributed by atoms with E-state index in [9.17, 15) is 0 Å². The minimum atomic E-state index is 0.241. The van der Waals surface area contributed by atoms with E-state index >= 15 is 0 Å². The summed E-state index contributed by atoms with van der Waals surface area (Å²) >= 11 is 0. The van der Waals surface area contributed by atoms with Gasteiger partial charge in [0.2, 0.25) is 0 Å². The van der Waals surface area contributed by atoms with E-state index in [4.69, 9.17) is 4.74 Å². The maximum absolute atomic E-state index is 5.80. The molecule has 3 nitrogen and oxygen atoms in total. The second-order valence-corrected chi connectivity index (χ2v) is 7.06. The van der Waals surface area contributed by atoms with E-state index in [1.54, 1.807) is 0 Å². The summed E-state index contributed by atoms with van der Waals surface area (Å²) in [7, 11) is 0. The molecule has 1 heterocycles. The SMILES string of the molecule is CC(C)Oc1cccc(CN2CCN(C3CCCC3)CC2)c1. The maximum Gasteiger partial charge on any atom is 0.120 e. The number of rotatable bonds is 5. The van der Waals surface area contributed by atoms with Crippen LogP contribution < -0.4 is 4.74 Å². The van der Waals surface area contributed by atoms with Gasteiger partial charge in [-0.05, 0) is 44.4 Å². The van der Waals surface area contributed by atoms with Gasteiger partial charge in [0, 0.05) is 38.8 Å². The first-order valence-corrected chi connectivity index (χ1v) is 8.93. The molecule has 0 amide bonds. The Bertz CT molecular complexity index is 460. The predicted molar refractivity (Wildman–Crippen MR) is 91.3 cm³/mol. The highest BCUT2D eigenvalue weighted by Gasteiger charge is 2.25. The van der Waals surface area contributed by atoms with Crippen molar-refractivity contribution in [3.05, 3.63) is 29.8 Å². The van der Waals surface area contributed by atoms with E-state index in [-0.39, 0.29) is 6.10 Å². The summed E-state index contributed by atoms with van der Waals surface area (Å²) in [4.78, 5) is 5.31. The Morgan fingerprint density at radius 3 is 2.50 bits per heavy atom. The summed E-state index contributed by atoms with van der Waals surface area (Å²) in [6.45, 7) is 10.1. The molecule has 3 heteroatoms. The van der Waals surface area contributed by atoms with Gasteiger partial charge in [0.15, 0.2) is 0 Å². The lowest BCUT2D eigenvalue weighted by molar-refractivity contribution is 0.0936. The average molecular weight is 302 g/mol. The highest BCUT2D eigenvalue weighted by Crippen LogP contribution is 2.25. The van der Waals surface area contributed by atoms with Gasteiger partial charge in [-0.25, -0.2) is 0 Å². The highest BCUT2D eigenvalue weighted by molar-refractivity contribution is 5.28. The van der Waals surface area contributed by atoms with Gasteiger partial charge in [0.1, 0.15) is 5.75 Å². The molecule has 22 heavy (non-hydrogen) atoms. The maximum atomic E-state index is 5.80. The van der Waals surface area contributed by atoms with Crippen molar-refractivity contribution in [3.8, 4) is 5.75 Å². The summed E-state index contributed by atoms with van der Waals surface area (Å²) in [5.74, 6) is 0.997. The van der Waals surface area contributed by atoms with Crippen LogP contribution in [-0.2, 0) is 6.54 Å². The third kappa shape index (κ3) is 4.23. The number of benzene rings is 1. The molecule has 0 aromatic heterocycles. The summed E-state index contributed by atoms with van der Waals surface area (Å²) < 4.78 is 5.80. The van der Waals surface area contributed by atoms with Crippen molar-refractivity contribution >= 4 is 0 Å². The first-order chi connectivity index (χ1) is 10.7. The van der Waals surface area contributed by atoms with Gasteiger partial charge in [-0.15, -0.1) is 0 Å². The van der Waals surface area contributed by atoms with Crippen LogP contribution >= 0.6 is 0 Å². The van der Waals surface area contributed by atoms with Crippen LogP contribution in [0.15, 0.2) is 24.3 Å². The second-order valence-electron chi connectivity index (χ2n) is 7.06. The van der Waals surface area contributed by atoms with E-state index in [1.165, 1.54) is 57.4 Å². The fourth-order valence-corrected chi connectivity index (χ4v) is 3.80. The zero-order valence-corrected chi connectivity index (χ0v) is 14.1. The number of nitrogens with zero attached hydrogens (tertiary/aromatic N) is 2. The minimum absolute atomic E-state index is 0.241. The Hall–Kier alpha value is -1.06. The summed E-state index contributed by atoms with van der Waals surface area (Å²) in [6.07, 6.45) is 5.97. The second kappa shape index (κ2) is 7.47. The topological polar surface area (TPSA) is 15.7 Å². The monoisotopic (exact) mass is 302 g/mol. The fourth-order valence-electron chi connectivity index (χ4n) is 3.80. The van der Waals surface area contributed by atoms with Crippen LogP contribution in [-0.4, -0.2) is 48.1 Å². The quantitative estimate of drug-likeness (QED) is 0.827. The summed E-state index contributed by atoms with van der Waals surface area (Å²) in [5, 5.41) is 0. The molecule has 2 fully saturated rings. The molecule has 1 saturated heterocycles. The molecular weight excluding hydrogens is 272 g/mol. The number of hydrogen-bond donors (Lipinski definition) is 0. The molecule has 122 valence electrons. The van der Waals surface area contributed by atoms with Crippen LogP contribution in [0.25, 0.3) is 0 Å². The summed E-state index contributed by atoms with van der Waals surface area (Å²) in [6, 6.07) is 9.47. The lowest BCUT2D eigenvalue weighted by Crippen LogP contribution is -2.49. The third-order valence-electron chi connectivity index (χ3n) is 4.92. The van der Waals surface area contributed by atoms with Gasteiger partial charge in [-0.3, -0.25) is 9.80 Å². The first kappa shape index (κ1) is 15.8. The lowest BCUT2D eigenvalue weighted by atomic mass is 10.1. The van der Waals surface area contributed by atoms with E-state index in [2.05, 4.69) is 47.9 Å². The largest absolute Gasteiger partial charge is 0.491 e. The number of piperazine rings is 1. The van der Waals surface area contributed by atoms with Crippen molar-refractivity contribution in [2.24, 2.45) is 0 Å². The minimum Gasteiger partial charge on any atom is -0.491 e. The van der Waals surface area contributed by atoms with Crippen LogP contribution in [0.5, 0.6) is 5.75 Å². The molecular formula is C19H30N2O. The average Bonchev–Trinajstić information content (AvgIpc) is 3.02. The van der Waals surface area contributed by atoms with Gasteiger partial charge >= 0.3 is 0 Å². The molecule has 0 unspecified atom stereocenters. The number of hydrogen-bond acceptors (Lipinski definition) is 3. The van der Waals surface area contributed by atoms with Gasteiger partial charge in [-0.1, -0.05) is 25.0 Å². The standard InChI is InChI=1S/C19H30N2O/c1-16(2)22-19-9-5-6-17(14-19)15-20-10-12-21(13-11-20)18-7-3-4-8-18/h5-6,9,14,16,18H,3-4,7-8,10-13,15H2,1-2H3. The molecule has 0 spiro atoms. The lowest BCUT2D eigenvalue weighted by Gasteiger charge is -2.38. The van der Waals surface area contributed by atoms with Crippen molar-refractivity contribution in [3.63, 3.8) is 0 Å². The molecule has 3 rings (SSSR count). The van der Waals surface area contributed by atoms with Crippen molar-refractivity contribution in [1.82, 2.24) is 9.80 Å². The molecule has 0 atom stereocenters. The molecule has 0 bridgehead atoms. The Morgan fingerprint density at radius 1 is 1.09 bits per heavy atom. The fraction of sp³-hybridized carbons (Fsp3) is 0.684. The molecule has 0 radical (unpaired) electrons. The molecule has 1 aliphatic heterocycles. The van der Waals surface area contributed by atoms with Crippen LogP contribution in [0.2, 0.25) is 0 Å². The van der Waals surface area contributed by atoms with E-state index in [1.807, 2.05) is 0 Å². The Kier molecular flexibility index (Phi) is 5.37. The summed E-state index contributed by atoms with van der Waals surface area (Å²) in [5.41, 5.74) is 1.37. The van der Waals surface area contributed by atoms with Crippen LogP contribution in [0.3, 0.4) is 0 Å². The highest BCUT2D eigenvalue weighted by atomic mass is 16.5. The van der Waals surface area contributed by atoms with Gasteiger partial charge < -0.3 is 4.74 Å². The van der Waals surface area contributed by atoms with Crippen molar-refractivity contribution < 1.29 is 4.74 Å². The Morgan fingerprint density at radius 2 is 1.82 bits per heavy atom. The zero-order valence-electron chi connectivity index (χ0n) is 14.1. The molecule has 2 aliphatic rings. The van der Waals surface area contributed by atoms with Gasteiger partial charge in [0.05, 0.1) is 6.10 Å². The van der Waals surface area contributed by atoms with E-state index in [0.29, 0.717) is 0 Å². The van der Waals surface area contributed by atoms with E-state index in [0.717, 1.165) is 18.3 Å². The van der Waals surface area contributed by atoms with Crippen LogP contribution in [0.4, 0.5) is 0 Å². The zero-order chi connectivity index (χ0) is 15.4. The first-order valence-electron chi connectivity index (χ1n) is 8.93. The van der Waals surface area contributed by atoms with Crippen molar-refractivity contribution in [1.29, 1.82) is 0 Å². The van der Waals surface area contributed by atoms with Crippen LogP contribution in [0, 0.1) is 0 Å². The van der Waals surface area contributed by atoms with Crippen molar-refractivity contribution in [2.45, 2.75) is 58.2 Å². The molecule has 1 aromatic rings. The normalized spacial score (nSPS) is 21.6. The van der Waals surface area contributed by atoms with E-state index < -0.39 is 0 Å². The van der Waals surface area contributed by atoms with Crippen molar-refractivity contribution in [2.75, 3.05) is 26.2 Å². The molecule has 0 N–H and O–H groups in total. The van der Waals surface area contributed by atoms with Crippen LogP contribution in [0.1, 0.15) is 45.1 Å². The molecule has 1 aliphatic carbocycles. The Labute approximate surface area is 135 Å². The van der Waals surface area contributed by atoms with Gasteiger partial charge in [-0.2, -0.15) is 0 Å². The Balaban J connectivity index is 1.50. The number of ether oxygens (including phenoxy) is 1. The smallest absolute Gasteiger partial charge is 0.120 e. The van der Waals surface area contributed by atoms with Gasteiger partial charge in [0.25, 0.3) is 0 Å². The predicted octanol–water partition coefficient (Wildman–Crippen LogP) is 3.53. The molecule has 1 saturated carbocycles. The third-order valence-corrected chi connectivity index (χ3v) is 4.92. The molecule has 1 aromatic carbocycles.